The average Bonchev–Trinajstić information content (AvgIpc) is 2.42. The van der Waals surface area contributed by atoms with Crippen molar-refractivity contribution < 1.29 is 4.79 Å². The van der Waals surface area contributed by atoms with E-state index in [9.17, 15) is 4.79 Å². The standard InChI is InChI=1S/C16H17IN2O/c1-3-18-14-8-9-15(11(2)10-14)16(20)19-13-6-4-12(17)5-7-13/h4-10,18H,3H2,1-2H3,(H,19,20). The van der Waals surface area contributed by atoms with Crippen LogP contribution >= 0.6 is 22.6 Å². The topological polar surface area (TPSA) is 41.1 Å². The molecule has 4 heteroatoms. The molecule has 0 aromatic heterocycles. The van der Waals surface area contributed by atoms with Crippen molar-refractivity contribution in [1.82, 2.24) is 0 Å². The number of hydrogen-bond acceptors (Lipinski definition) is 2. The van der Waals surface area contributed by atoms with E-state index in [2.05, 4.69) is 33.2 Å². The Kier molecular flexibility index (Phi) is 5.00. The number of anilines is 2. The number of nitrogens with one attached hydrogen (secondary N) is 2. The maximum absolute atomic E-state index is 12.3. The maximum atomic E-state index is 12.3. The van der Waals surface area contributed by atoms with Crippen LogP contribution in [-0.4, -0.2) is 12.5 Å². The van der Waals surface area contributed by atoms with Crippen molar-refractivity contribution in [2.24, 2.45) is 0 Å². The van der Waals surface area contributed by atoms with Crippen LogP contribution < -0.4 is 10.6 Å². The molecule has 3 nitrogen and oxygen atoms in total. The van der Waals surface area contributed by atoms with E-state index in [0.29, 0.717) is 5.56 Å². The Morgan fingerprint density at radius 1 is 1.10 bits per heavy atom. The van der Waals surface area contributed by atoms with Gasteiger partial charge in [0, 0.05) is 27.1 Å². The molecular weight excluding hydrogens is 363 g/mol. The van der Waals surface area contributed by atoms with E-state index < -0.39 is 0 Å². The number of aryl methyl sites for hydroxylation is 1. The number of carbonyl (C=O) groups excluding carboxylic acids is 1. The molecule has 0 fully saturated rings. The van der Waals surface area contributed by atoms with Crippen LogP contribution in [0.4, 0.5) is 11.4 Å². The molecule has 0 radical (unpaired) electrons. The van der Waals surface area contributed by atoms with Gasteiger partial charge < -0.3 is 10.6 Å². The molecule has 20 heavy (non-hydrogen) atoms. The quantitative estimate of drug-likeness (QED) is 0.778. The monoisotopic (exact) mass is 380 g/mol. The molecule has 0 aliphatic carbocycles. The fourth-order valence-corrected chi connectivity index (χ4v) is 2.32. The molecule has 1 amide bonds. The molecule has 0 saturated carbocycles. The van der Waals surface area contributed by atoms with Crippen LogP contribution in [0.3, 0.4) is 0 Å². The fourth-order valence-electron chi connectivity index (χ4n) is 1.96. The highest BCUT2D eigenvalue weighted by Crippen LogP contribution is 2.17. The summed E-state index contributed by atoms with van der Waals surface area (Å²) in [6, 6.07) is 13.5. The summed E-state index contributed by atoms with van der Waals surface area (Å²) in [5.41, 5.74) is 3.51. The molecule has 0 aliphatic rings. The van der Waals surface area contributed by atoms with E-state index in [1.54, 1.807) is 0 Å². The lowest BCUT2D eigenvalue weighted by Crippen LogP contribution is -2.13. The zero-order valence-electron chi connectivity index (χ0n) is 11.5. The molecule has 0 bridgehead atoms. The molecule has 104 valence electrons. The van der Waals surface area contributed by atoms with Gasteiger partial charge in [0.15, 0.2) is 0 Å². The van der Waals surface area contributed by atoms with Gasteiger partial charge in [-0.05, 0) is 84.5 Å². The van der Waals surface area contributed by atoms with E-state index in [1.165, 1.54) is 0 Å². The van der Waals surface area contributed by atoms with Crippen LogP contribution in [0.5, 0.6) is 0 Å². The van der Waals surface area contributed by atoms with Crippen molar-refractivity contribution in [3.05, 3.63) is 57.2 Å². The molecule has 0 unspecified atom stereocenters. The Labute approximate surface area is 132 Å². The van der Waals surface area contributed by atoms with E-state index in [-0.39, 0.29) is 5.91 Å². The summed E-state index contributed by atoms with van der Waals surface area (Å²) in [5.74, 6) is -0.0771. The van der Waals surface area contributed by atoms with Gasteiger partial charge in [-0.25, -0.2) is 0 Å². The van der Waals surface area contributed by atoms with Crippen molar-refractivity contribution in [1.29, 1.82) is 0 Å². The summed E-state index contributed by atoms with van der Waals surface area (Å²) >= 11 is 2.24. The summed E-state index contributed by atoms with van der Waals surface area (Å²) in [6.45, 7) is 4.87. The molecule has 0 spiro atoms. The number of hydrogen-bond donors (Lipinski definition) is 2. The number of halogens is 1. The lowest BCUT2D eigenvalue weighted by molar-refractivity contribution is 0.102. The van der Waals surface area contributed by atoms with Gasteiger partial charge in [-0.3, -0.25) is 4.79 Å². The molecule has 0 atom stereocenters. The highest BCUT2D eigenvalue weighted by atomic mass is 127. The minimum atomic E-state index is -0.0771. The van der Waals surface area contributed by atoms with Crippen molar-refractivity contribution in [2.45, 2.75) is 13.8 Å². The van der Waals surface area contributed by atoms with Gasteiger partial charge in [-0.1, -0.05) is 0 Å². The molecule has 2 aromatic rings. The minimum Gasteiger partial charge on any atom is -0.385 e. The second-order valence-electron chi connectivity index (χ2n) is 4.52. The normalized spacial score (nSPS) is 10.2. The third-order valence-corrected chi connectivity index (χ3v) is 3.67. The van der Waals surface area contributed by atoms with Gasteiger partial charge in [0.1, 0.15) is 0 Å². The smallest absolute Gasteiger partial charge is 0.255 e. The minimum absolute atomic E-state index is 0.0771. The first-order valence-electron chi connectivity index (χ1n) is 6.51. The fraction of sp³-hybridized carbons (Fsp3) is 0.188. The maximum Gasteiger partial charge on any atom is 0.255 e. The highest BCUT2D eigenvalue weighted by molar-refractivity contribution is 14.1. The van der Waals surface area contributed by atoms with Gasteiger partial charge in [-0.2, -0.15) is 0 Å². The van der Waals surface area contributed by atoms with Crippen molar-refractivity contribution in [2.75, 3.05) is 17.2 Å². The van der Waals surface area contributed by atoms with Crippen LogP contribution in [0, 0.1) is 10.5 Å². The zero-order valence-corrected chi connectivity index (χ0v) is 13.7. The van der Waals surface area contributed by atoms with E-state index in [1.807, 2.05) is 56.3 Å². The number of amides is 1. The molecule has 2 aromatic carbocycles. The first-order valence-corrected chi connectivity index (χ1v) is 7.59. The summed E-state index contributed by atoms with van der Waals surface area (Å²) < 4.78 is 1.15. The first-order chi connectivity index (χ1) is 9.60. The van der Waals surface area contributed by atoms with Gasteiger partial charge in [0.05, 0.1) is 0 Å². The number of rotatable bonds is 4. The third kappa shape index (κ3) is 3.72. The van der Waals surface area contributed by atoms with Crippen molar-refractivity contribution in [3.8, 4) is 0 Å². The van der Waals surface area contributed by atoms with Crippen LogP contribution in [-0.2, 0) is 0 Å². The average molecular weight is 380 g/mol. The lowest BCUT2D eigenvalue weighted by Gasteiger charge is -2.10. The zero-order chi connectivity index (χ0) is 14.5. The van der Waals surface area contributed by atoms with E-state index in [4.69, 9.17) is 0 Å². The second kappa shape index (κ2) is 6.74. The summed E-state index contributed by atoms with van der Waals surface area (Å²) in [6.07, 6.45) is 0. The Morgan fingerprint density at radius 3 is 2.35 bits per heavy atom. The van der Waals surface area contributed by atoms with Crippen LogP contribution in [0.2, 0.25) is 0 Å². The summed E-state index contributed by atoms with van der Waals surface area (Å²) in [5, 5.41) is 6.15. The highest BCUT2D eigenvalue weighted by Gasteiger charge is 2.09. The summed E-state index contributed by atoms with van der Waals surface area (Å²) in [7, 11) is 0. The summed E-state index contributed by atoms with van der Waals surface area (Å²) in [4.78, 5) is 12.3. The number of benzene rings is 2. The first kappa shape index (κ1) is 14.8. The van der Waals surface area contributed by atoms with Gasteiger partial charge in [0.25, 0.3) is 5.91 Å². The largest absolute Gasteiger partial charge is 0.385 e. The Morgan fingerprint density at radius 2 is 1.75 bits per heavy atom. The van der Waals surface area contributed by atoms with Gasteiger partial charge >= 0.3 is 0 Å². The van der Waals surface area contributed by atoms with Gasteiger partial charge in [0.2, 0.25) is 0 Å². The number of carbonyl (C=O) groups is 1. The lowest BCUT2D eigenvalue weighted by atomic mass is 10.1. The SMILES string of the molecule is CCNc1ccc(C(=O)Nc2ccc(I)cc2)c(C)c1. The molecule has 0 aliphatic heterocycles. The Balaban J connectivity index is 2.14. The predicted octanol–water partition coefficient (Wildman–Crippen LogP) is 4.28. The van der Waals surface area contributed by atoms with E-state index >= 15 is 0 Å². The molecule has 0 saturated heterocycles. The molecular formula is C16H17IN2O. The van der Waals surface area contributed by atoms with E-state index in [0.717, 1.165) is 27.1 Å². The Bertz CT molecular complexity index is 608. The Hall–Kier alpha value is -1.56. The predicted molar refractivity (Wildman–Crippen MR) is 92.5 cm³/mol. The third-order valence-electron chi connectivity index (χ3n) is 2.95. The van der Waals surface area contributed by atoms with Crippen LogP contribution in [0.25, 0.3) is 0 Å². The van der Waals surface area contributed by atoms with Gasteiger partial charge in [-0.15, -0.1) is 0 Å². The molecule has 2 N–H and O–H groups in total. The van der Waals surface area contributed by atoms with Crippen LogP contribution in [0.15, 0.2) is 42.5 Å². The van der Waals surface area contributed by atoms with Crippen molar-refractivity contribution >= 4 is 39.9 Å². The second-order valence-corrected chi connectivity index (χ2v) is 5.77. The molecule has 2 rings (SSSR count). The van der Waals surface area contributed by atoms with Crippen LogP contribution in [0.1, 0.15) is 22.8 Å². The van der Waals surface area contributed by atoms with Crippen molar-refractivity contribution in [3.63, 3.8) is 0 Å². The molecule has 0 heterocycles.